The Kier molecular flexibility index (Phi) is 3.56. The molecule has 3 rings (SSSR count). The lowest BCUT2D eigenvalue weighted by molar-refractivity contribution is -0.161. The molecule has 114 valence electrons. The minimum absolute atomic E-state index is 0.0370. The van der Waals surface area contributed by atoms with Crippen LogP contribution in [0.1, 0.15) is 45.1 Å². The Morgan fingerprint density at radius 1 is 1.29 bits per heavy atom. The average molecular weight is 306 g/mol. The number of rotatable bonds is 3. The second-order valence-corrected chi connectivity index (χ2v) is 7.44. The van der Waals surface area contributed by atoms with Gasteiger partial charge in [-0.2, -0.15) is 11.3 Å². The van der Waals surface area contributed by atoms with E-state index in [4.69, 9.17) is 0 Å². The maximum absolute atomic E-state index is 12.8. The van der Waals surface area contributed by atoms with Gasteiger partial charge in [-0.3, -0.25) is 9.59 Å². The van der Waals surface area contributed by atoms with E-state index in [1.807, 2.05) is 4.90 Å². The van der Waals surface area contributed by atoms with Crippen LogP contribution in [0.25, 0.3) is 0 Å². The Balaban J connectivity index is 1.87. The van der Waals surface area contributed by atoms with Crippen LogP contribution >= 0.6 is 11.3 Å². The first-order valence-electron chi connectivity index (χ1n) is 7.61. The highest BCUT2D eigenvalue weighted by molar-refractivity contribution is 7.07. The Labute approximate surface area is 129 Å². The Bertz CT molecular complexity index is 545. The largest absolute Gasteiger partial charge is 0.340 e. The zero-order valence-corrected chi connectivity index (χ0v) is 13.5. The fraction of sp³-hybridized carbons (Fsp3) is 0.625. The summed E-state index contributed by atoms with van der Waals surface area (Å²) in [5.41, 5.74) is -0.146. The Morgan fingerprint density at radius 3 is 2.62 bits per heavy atom. The van der Waals surface area contributed by atoms with Crippen LogP contribution in [-0.4, -0.2) is 34.3 Å². The maximum atomic E-state index is 12.8. The second-order valence-electron chi connectivity index (χ2n) is 6.66. The number of carbonyl (C=O) groups is 2. The molecule has 1 saturated carbocycles. The zero-order valence-electron chi connectivity index (χ0n) is 12.6. The molecule has 4 nitrogen and oxygen atoms in total. The highest BCUT2D eigenvalue weighted by Crippen LogP contribution is 2.39. The third kappa shape index (κ3) is 2.37. The van der Waals surface area contributed by atoms with Gasteiger partial charge in [-0.05, 0) is 55.5 Å². The number of hydrogen-bond donors (Lipinski definition) is 1. The van der Waals surface area contributed by atoms with Gasteiger partial charge in [0.15, 0.2) is 0 Å². The molecule has 1 N–H and O–H groups in total. The first-order valence-corrected chi connectivity index (χ1v) is 8.56. The van der Waals surface area contributed by atoms with E-state index in [9.17, 15) is 9.59 Å². The summed E-state index contributed by atoms with van der Waals surface area (Å²) in [4.78, 5) is 27.3. The van der Waals surface area contributed by atoms with Gasteiger partial charge in [0, 0.05) is 6.54 Å². The smallest absolute Gasteiger partial charge is 0.248 e. The molecule has 1 aliphatic carbocycles. The number of nitrogens with one attached hydrogen (secondary N) is 1. The third-order valence-corrected chi connectivity index (χ3v) is 5.51. The molecule has 1 saturated heterocycles. The average Bonchev–Trinajstić information content (AvgIpc) is 3.08. The summed E-state index contributed by atoms with van der Waals surface area (Å²) >= 11 is 1.67. The molecule has 0 atom stereocenters. The fourth-order valence-corrected chi connectivity index (χ4v) is 4.26. The van der Waals surface area contributed by atoms with Crippen molar-refractivity contribution in [1.82, 2.24) is 10.2 Å². The summed E-state index contributed by atoms with van der Waals surface area (Å²) in [6.07, 6.45) is 4.46. The minimum atomic E-state index is -0.792. The van der Waals surface area contributed by atoms with E-state index in [1.165, 1.54) is 5.56 Å². The molecule has 2 heterocycles. The van der Waals surface area contributed by atoms with Crippen LogP contribution in [-0.2, 0) is 16.0 Å². The number of nitrogens with zero attached hydrogens (tertiary/aromatic N) is 1. The Hall–Kier alpha value is -1.36. The van der Waals surface area contributed by atoms with Crippen molar-refractivity contribution in [2.45, 2.75) is 57.0 Å². The number of carbonyl (C=O) groups excluding carboxylic acids is 2. The van der Waals surface area contributed by atoms with Gasteiger partial charge < -0.3 is 10.2 Å². The number of piperazine rings is 1. The van der Waals surface area contributed by atoms with Crippen molar-refractivity contribution in [3.05, 3.63) is 22.4 Å². The predicted octanol–water partition coefficient (Wildman–Crippen LogP) is 2.34. The van der Waals surface area contributed by atoms with Gasteiger partial charge in [0.2, 0.25) is 11.8 Å². The first-order chi connectivity index (χ1) is 9.96. The highest BCUT2D eigenvalue weighted by Gasteiger charge is 2.55. The van der Waals surface area contributed by atoms with Crippen molar-refractivity contribution in [2.24, 2.45) is 0 Å². The van der Waals surface area contributed by atoms with Crippen LogP contribution in [0.15, 0.2) is 16.8 Å². The summed E-state index contributed by atoms with van der Waals surface area (Å²) < 4.78 is 0. The molecule has 5 heteroatoms. The molecule has 0 aromatic carbocycles. The first kappa shape index (κ1) is 14.6. The van der Waals surface area contributed by atoms with Crippen molar-refractivity contribution in [3.8, 4) is 0 Å². The molecule has 1 aliphatic heterocycles. The van der Waals surface area contributed by atoms with Crippen LogP contribution in [0.5, 0.6) is 0 Å². The monoisotopic (exact) mass is 306 g/mol. The normalized spacial score (nSPS) is 23.6. The number of thiophene rings is 1. The summed E-state index contributed by atoms with van der Waals surface area (Å²) in [6.45, 7) is 4.23. The highest BCUT2D eigenvalue weighted by atomic mass is 32.1. The molecule has 0 radical (unpaired) electrons. The maximum Gasteiger partial charge on any atom is 0.248 e. The van der Waals surface area contributed by atoms with E-state index in [0.29, 0.717) is 6.54 Å². The molecule has 2 fully saturated rings. The summed E-state index contributed by atoms with van der Waals surface area (Å²) in [5.74, 6) is 0.0918. The molecular weight excluding hydrogens is 284 g/mol. The molecule has 1 spiro atoms. The molecule has 0 bridgehead atoms. The lowest BCUT2D eigenvalue weighted by atomic mass is 9.85. The van der Waals surface area contributed by atoms with Gasteiger partial charge in [-0.25, -0.2) is 0 Å². The van der Waals surface area contributed by atoms with Gasteiger partial charge in [0.05, 0.1) is 0 Å². The molecular formula is C16H22N2O2S. The van der Waals surface area contributed by atoms with Crippen molar-refractivity contribution in [1.29, 1.82) is 0 Å². The molecule has 2 aliphatic rings. The van der Waals surface area contributed by atoms with Crippen LogP contribution in [0.2, 0.25) is 0 Å². The van der Waals surface area contributed by atoms with Gasteiger partial charge in [-0.1, -0.05) is 12.8 Å². The van der Waals surface area contributed by atoms with E-state index in [-0.39, 0.29) is 11.8 Å². The zero-order chi connectivity index (χ0) is 15.1. The molecule has 1 aromatic heterocycles. The SMILES string of the molecule is CC1(C)NC(=O)C2(CCCC2)N(CCc2ccsc2)C1=O. The van der Waals surface area contributed by atoms with Gasteiger partial charge >= 0.3 is 0 Å². The summed E-state index contributed by atoms with van der Waals surface area (Å²) in [5, 5.41) is 7.10. The van der Waals surface area contributed by atoms with Crippen molar-refractivity contribution < 1.29 is 9.59 Å². The van der Waals surface area contributed by atoms with Gasteiger partial charge in [-0.15, -0.1) is 0 Å². The van der Waals surface area contributed by atoms with Crippen LogP contribution in [0.3, 0.4) is 0 Å². The van der Waals surface area contributed by atoms with Crippen molar-refractivity contribution in [3.63, 3.8) is 0 Å². The second kappa shape index (κ2) is 5.13. The summed E-state index contributed by atoms with van der Waals surface area (Å²) in [7, 11) is 0. The topological polar surface area (TPSA) is 49.4 Å². The molecule has 2 amide bonds. The Morgan fingerprint density at radius 2 is 2.00 bits per heavy atom. The fourth-order valence-electron chi connectivity index (χ4n) is 3.56. The van der Waals surface area contributed by atoms with E-state index in [0.717, 1.165) is 32.1 Å². The van der Waals surface area contributed by atoms with Gasteiger partial charge in [0.25, 0.3) is 0 Å². The molecule has 1 aromatic rings. The predicted molar refractivity (Wildman–Crippen MR) is 83.2 cm³/mol. The summed E-state index contributed by atoms with van der Waals surface area (Å²) in [6, 6.07) is 2.09. The van der Waals surface area contributed by atoms with Crippen LogP contribution in [0.4, 0.5) is 0 Å². The standard InChI is InChI=1S/C16H22N2O2S/c1-15(2)14(20)18(9-5-12-6-10-21-11-12)16(13(19)17-15)7-3-4-8-16/h6,10-11H,3-5,7-9H2,1-2H3,(H,17,19). The van der Waals surface area contributed by atoms with Crippen LogP contribution in [0, 0.1) is 0 Å². The van der Waals surface area contributed by atoms with Crippen molar-refractivity contribution >= 4 is 23.2 Å². The molecule has 0 unspecified atom stereocenters. The number of hydrogen-bond acceptors (Lipinski definition) is 3. The third-order valence-electron chi connectivity index (χ3n) is 4.78. The number of amides is 2. The van der Waals surface area contributed by atoms with E-state index in [2.05, 4.69) is 22.1 Å². The minimum Gasteiger partial charge on any atom is -0.340 e. The lowest BCUT2D eigenvalue weighted by Crippen LogP contribution is -2.73. The van der Waals surface area contributed by atoms with E-state index in [1.54, 1.807) is 25.2 Å². The van der Waals surface area contributed by atoms with Crippen molar-refractivity contribution in [2.75, 3.05) is 6.54 Å². The van der Waals surface area contributed by atoms with E-state index >= 15 is 0 Å². The van der Waals surface area contributed by atoms with E-state index < -0.39 is 11.1 Å². The van der Waals surface area contributed by atoms with Crippen LogP contribution < -0.4 is 5.32 Å². The molecule has 21 heavy (non-hydrogen) atoms. The van der Waals surface area contributed by atoms with Gasteiger partial charge in [0.1, 0.15) is 11.1 Å². The lowest BCUT2D eigenvalue weighted by Gasteiger charge is -2.49. The quantitative estimate of drug-likeness (QED) is 0.932.